The molecule has 0 aliphatic rings. The minimum absolute atomic E-state index is 0.929. The Balaban J connectivity index is 1.80. The van der Waals surface area contributed by atoms with Crippen molar-refractivity contribution in [2.45, 2.75) is 6.42 Å². The van der Waals surface area contributed by atoms with Crippen LogP contribution in [0.3, 0.4) is 0 Å². The molecule has 3 aromatic carbocycles. The van der Waals surface area contributed by atoms with Crippen LogP contribution in [0.4, 0.5) is 0 Å². The number of benzene rings is 3. The number of fused-ring (bicyclic) bond motifs is 2. The molecule has 0 atom stereocenters. The summed E-state index contributed by atoms with van der Waals surface area (Å²) in [6.07, 6.45) is 2.67. The van der Waals surface area contributed by atoms with Crippen molar-refractivity contribution in [3.05, 3.63) is 84.1 Å². The van der Waals surface area contributed by atoms with Crippen LogP contribution in [-0.2, 0) is 6.42 Å². The fraction of sp³-hybridized carbons (Fsp3) is 0.0526. The van der Waals surface area contributed by atoms with Gasteiger partial charge in [0, 0.05) is 5.39 Å². The van der Waals surface area contributed by atoms with E-state index in [4.69, 9.17) is 4.42 Å². The van der Waals surface area contributed by atoms with Crippen LogP contribution in [0.1, 0.15) is 11.1 Å². The highest BCUT2D eigenvalue weighted by molar-refractivity contribution is 5.86. The molecule has 1 heterocycles. The maximum absolute atomic E-state index is 5.48. The van der Waals surface area contributed by atoms with Crippen LogP contribution in [0.5, 0.6) is 0 Å². The van der Waals surface area contributed by atoms with Crippen LogP contribution in [0.25, 0.3) is 21.7 Å². The molecular weight excluding hydrogens is 244 g/mol. The Labute approximate surface area is 117 Å². The summed E-state index contributed by atoms with van der Waals surface area (Å²) in [4.78, 5) is 0. The molecule has 1 aromatic heterocycles. The molecular formula is C19H14O. The highest BCUT2D eigenvalue weighted by atomic mass is 16.3. The fourth-order valence-electron chi connectivity index (χ4n) is 2.78. The smallest absolute Gasteiger partial charge is 0.134 e. The Morgan fingerprint density at radius 1 is 0.750 bits per heavy atom. The van der Waals surface area contributed by atoms with Crippen molar-refractivity contribution >= 4 is 21.7 Å². The van der Waals surface area contributed by atoms with Gasteiger partial charge in [-0.25, -0.2) is 0 Å². The lowest BCUT2D eigenvalue weighted by Gasteiger charge is -2.06. The first-order valence-electron chi connectivity index (χ1n) is 6.83. The quantitative estimate of drug-likeness (QED) is 0.483. The van der Waals surface area contributed by atoms with Crippen molar-refractivity contribution in [1.29, 1.82) is 0 Å². The molecule has 0 spiro atoms. The summed E-state index contributed by atoms with van der Waals surface area (Å²) in [7, 11) is 0. The van der Waals surface area contributed by atoms with Crippen LogP contribution in [0, 0.1) is 0 Å². The summed E-state index contributed by atoms with van der Waals surface area (Å²) >= 11 is 0. The molecule has 4 aromatic rings. The molecule has 1 heteroatoms. The van der Waals surface area contributed by atoms with Gasteiger partial charge in [-0.2, -0.15) is 0 Å². The van der Waals surface area contributed by atoms with E-state index in [-0.39, 0.29) is 0 Å². The monoisotopic (exact) mass is 258 g/mol. The topological polar surface area (TPSA) is 13.1 Å². The Morgan fingerprint density at radius 3 is 2.65 bits per heavy atom. The molecule has 1 nitrogen and oxygen atoms in total. The second kappa shape index (κ2) is 4.53. The molecule has 0 radical (unpaired) electrons. The van der Waals surface area contributed by atoms with Gasteiger partial charge in [0.2, 0.25) is 0 Å². The van der Waals surface area contributed by atoms with Gasteiger partial charge in [0.25, 0.3) is 0 Å². The van der Waals surface area contributed by atoms with Crippen molar-refractivity contribution in [3.8, 4) is 0 Å². The molecule has 96 valence electrons. The maximum atomic E-state index is 5.48. The van der Waals surface area contributed by atoms with Crippen molar-refractivity contribution in [2.24, 2.45) is 0 Å². The molecule has 0 unspecified atom stereocenters. The Hall–Kier alpha value is -2.54. The third-order valence-electron chi connectivity index (χ3n) is 3.80. The van der Waals surface area contributed by atoms with E-state index in [1.54, 1.807) is 6.26 Å². The van der Waals surface area contributed by atoms with Gasteiger partial charge < -0.3 is 4.42 Å². The van der Waals surface area contributed by atoms with Gasteiger partial charge in [-0.05, 0) is 40.5 Å². The zero-order valence-electron chi connectivity index (χ0n) is 11.0. The van der Waals surface area contributed by atoms with E-state index in [1.807, 2.05) is 6.07 Å². The van der Waals surface area contributed by atoms with Gasteiger partial charge in [-0.15, -0.1) is 0 Å². The van der Waals surface area contributed by atoms with Crippen LogP contribution in [-0.4, -0.2) is 0 Å². The highest BCUT2D eigenvalue weighted by Gasteiger charge is 2.04. The lowest BCUT2D eigenvalue weighted by Crippen LogP contribution is -1.89. The first-order valence-corrected chi connectivity index (χ1v) is 6.83. The Kier molecular flexibility index (Phi) is 2.56. The third kappa shape index (κ3) is 1.88. The molecule has 0 bridgehead atoms. The molecule has 0 saturated carbocycles. The molecule has 0 fully saturated rings. The molecule has 0 aliphatic heterocycles. The maximum Gasteiger partial charge on any atom is 0.134 e. The summed E-state index contributed by atoms with van der Waals surface area (Å²) < 4.78 is 5.48. The van der Waals surface area contributed by atoms with E-state index in [2.05, 4.69) is 60.7 Å². The Bertz CT molecular complexity index is 881. The summed E-state index contributed by atoms with van der Waals surface area (Å²) in [5.74, 6) is 0. The number of hydrogen-bond acceptors (Lipinski definition) is 1. The number of rotatable bonds is 2. The number of furan rings is 1. The summed E-state index contributed by atoms with van der Waals surface area (Å²) in [5.41, 5.74) is 3.60. The average molecular weight is 258 g/mol. The van der Waals surface area contributed by atoms with Crippen molar-refractivity contribution in [2.75, 3.05) is 0 Å². The minimum atomic E-state index is 0.929. The normalized spacial score (nSPS) is 11.2. The summed E-state index contributed by atoms with van der Waals surface area (Å²) in [5, 5.41) is 3.78. The van der Waals surface area contributed by atoms with E-state index >= 15 is 0 Å². The van der Waals surface area contributed by atoms with Crippen molar-refractivity contribution in [3.63, 3.8) is 0 Å². The van der Waals surface area contributed by atoms with E-state index in [9.17, 15) is 0 Å². The van der Waals surface area contributed by atoms with Crippen LogP contribution in [0.15, 0.2) is 77.4 Å². The van der Waals surface area contributed by atoms with Gasteiger partial charge in [0.15, 0.2) is 0 Å². The van der Waals surface area contributed by atoms with E-state index in [0.29, 0.717) is 0 Å². The van der Waals surface area contributed by atoms with Crippen LogP contribution >= 0.6 is 0 Å². The van der Waals surface area contributed by atoms with Gasteiger partial charge in [-0.3, -0.25) is 0 Å². The lowest BCUT2D eigenvalue weighted by atomic mass is 9.98. The van der Waals surface area contributed by atoms with Crippen molar-refractivity contribution in [1.82, 2.24) is 0 Å². The van der Waals surface area contributed by atoms with Gasteiger partial charge in [-0.1, -0.05) is 54.6 Å². The zero-order chi connectivity index (χ0) is 13.4. The second-order valence-electron chi connectivity index (χ2n) is 5.11. The van der Waals surface area contributed by atoms with Gasteiger partial charge >= 0.3 is 0 Å². The van der Waals surface area contributed by atoms with E-state index in [0.717, 1.165) is 17.4 Å². The Morgan fingerprint density at radius 2 is 1.65 bits per heavy atom. The van der Waals surface area contributed by atoms with Crippen molar-refractivity contribution < 1.29 is 4.42 Å². The SMILES string of the molecule is c1ccc2c(Cc3ccc4ccoc4c3)cccc2c1. The first-order chi connectivity index (χ1) is 9.90. The number of hydrogen-bond donors (Lipinski definition) is 0. The standard InChI is InChI=1S/C19H14O/c1-2-7-18-15(4-1)5-3-6-17(18)12-14-8-9-16-10-11-20-19(16)13-14/h1-11,13H,12H2. The third-order valence-corrected chi connectivity index (χ3v) is 3.80. The van der Waals surface area contributed by atoms with E-state index in [1.165, 1.54) is 21.9 Å². The molecule has 4 rings (SSSR count). The lowest BCUT2D eigenvalue weighted by molar-refractivity contribution is 0.615. The minimum Gasteiger partial charge on any atom is -0.464 e. The molecule has 0 amide bonds. The highest BCUT2D eigenvalue weighted by Crippen LogP contribution is 2.23. The second-order valence-corrected chi connectivity index (χ2v) is 5.11. The predicted molar refractivity (Wildman–Crippen MR) is 83.0 cm³/mol. The summed E-state index contributed by atoms with van der Waals surface area (Å²) in [6, 6.07) is 23.5. The molecule has 0 N–H and O–H groups in total. The molecule has 0 saturated heterocycles. The van der Waals surface area contributed by atoms with Crippen LogP contribution < -0.4 is 0 Å². The predicted octanol–water partition coefficient (Wildman–Crippen LogP) is 5.18. The average Bonchev–Trinajstić information content (AvgIpc) is 2.95. The van der Waals surface area contributed by atoms with E-state index < -0.39 is 0 Å². The van der Waals surface area contributed by atoms with Gasteiger partial charge in [0.05, 0.1) is 6.26 Å². The first kappa shape index (κ1) is 11.3. The molecule has 20 heavy (non-hydrogen) atoms. The van der Waals surface area contributed by atoms with Gasteiger partial charge in [0.1, 0.15) is 5.58 Å². The molecule has 0 aliphatic carbocycles. The zero-order valence-corrected chi connectivity index (χ0v) is 11.0. The largest absolute Gasteiger partial charge is 0.464 e. The van der Waals surface area contributed by atoms with Crippen LogP contribution in [0.2, 0.25) is 0 Å². The summed E-state index contributed by atoms with van der Waals surface area (Å²) in [6.45, 7) is 0. The fourth-order valence-corrected chi connectivity index (χ4v) is 2.78.